The quantitative estimate of drug-likeness (QED) is 0.712. The number of hydrogen-bond acceptors (Lipinski definition) is 1. The van der Waals surface area contributed by atoms with Crippen LogP contribution in [0.5, 0.6) is 0 Å². The molecule has 1 N–H and O–H groups in total. The van der Waals surface area contributed by atoms with E-state index in [0.29, 0.717) is 5.56 Å². The van der Waals surface area contributed by atoms with E-state index in [9.17, 15) is 4.79 Å². The number of carbonyl (C=O) groups is 1. The predicted molar refractivity (Wildman–Crippen MR) is 86.0 cm³/mol. The van der Waals surface area contributed by atoms with Crippen molar-refractivity contribution in [2.45, 2.75) is 6.92 Å². The summed E-state index contributed by atoms with van der Waals surface area (Å²) in [6.07, 6.45) is 0. The summed E-state index contributed by atoms with van der Waals surface area (Å²) in [5.41, 5.74) is 2.56. The van der Waals surface area contributed by atoms with Gasteiger partial charge in [0, 0.05) is 19.3 Å². The molecule has 0 aliphatic rings. The lowest BCUT2D eigenvalue weighted by atomic mass is 10.2. The molecule has 0 saturated heterocycles. The fourth-order valence-corrected chi connectivity index (χ4v) is 2.58. The minimum absolute atomic E-state index is 0.0936. The van der Waals surface area contributed by atoms with Crippen LogP contribution < -0.4 is 5.32 Å². The Balaban J connectivity index is 2.18. The number of rotatable bonds is 2. The average Bonchev–Trinajstić information content (AvgIpc) is 2.28. The highest BCUT2D eigenvalue weighted by Crippen LogP contribution is 2.19. The van der Waals surface area contributed by atoms with E-state index in [0.717, 1.165) is 19.3 Å². The van der Waals surface area contributed by atoms with E-state index in [2.05, 4.69) is 43.8 Å². The predicted octanol–water partition coefficient (Wildman–Crippen LogP) is 4.61. The Labute approximate surface area is 128 Å². The van der Waals surface area contributed by atoms with Gasteiger partial charge in [0.2, 0.25) is 0 Å². The Morgan fingerprint density at radius 1 is 1.17 bits per heavy atom. The number of carbonyl (C=O) groups excluding carboxylic acids is 1. The third-order valence-electron chi connectivity index (χ3n) is 2.41. The van der Waals surface area contributed by atoms with Gasteiger partial charge in [-0.1, -0.05) is 15.9 Å². The molecular weight excluding hydrogens is 405 g/mol. The van der Waals surface area contributed by atoms with Crippen LogP contribution >= 0.6 is 38.5 Å². The second-order valence-corrected chi connectivity index (χ2v) is 6.14. The van der Waals surface area contributed by atoms with Gasteiger partial charge in [-0.25, -0.2) is 0 Å². The van der Waals surface area contributed by atoms with Crippen LogP contribution in [0.1, 0.15) is 15.9 Å². The zero-order valence-electron chi connectivity index (χ0n) is 9.71. The van der Waals surface area contributed by atoms with Crippen molar-refractivity contribution < 1.29 is 4.79 Å². The molecule has 0 aliphatic carbocycles. The topological polar surface area (TPSA) is 29.1 Å². The van der Waals surface area contributed by atoms with Crippen molar-refractivity contribution >= 4 is 50.1 Å². The first-order valence-electron chi connectivity index (χ1n) is 5.39. The molecule has 2 aromatic carbocycles. The molecule has 1 amide bonds. The molecule has 4 heteroatoms. The molecule has 0 heterocycles. The summed E-state index contributed by atoms with van der Waals surface area (Å²) < 4.78 is 2.07. The van der Waals surface area contributed by atoms with Gasteiger partial charge in [0.15, 0.2) is 0 Å². The van der Waals surface area contributed by atoms with Crippen LogP contribution in [0.4, 0.5) is 5.69 Å². The molecule has 18 heavy (non-hydrogen) atoms. The number of benzene rings is 2. The highest BCUT2D eigenvalue weighted by atomic mass is 127. The minimum atomic E-state index is -0.0936. The Kier molecular flexibility index (Phi) is 4.40. The van der Waals surface area contributed by atoms with E-state index in [4.69, 9.17) is 0 Å². The Bertz CT molecular complexity index is 561. The summed E-state index contributed by atoms with van der Waals surface area (Å²) in [5.74, 6) is -0.0936. The lowest BCUT2D eigenvalue weighted by Gasteiger charge is -2.07. The number of nitrogens with one attached hydrogen (secondary N) is 1. The van der Waals surface area contributed by atoms with E-state index in [1.54, 1.807) is 0 Å². The van der Waals surface area contributed by atoms with Crippen LogP contribution in [-0.2, 0) is 0 Å². The van der Waals surface area contributed by atoms with Gasteiger partial charge in [-0.3, -0.25) is 4.79 Å². The fraction of sp³-hybridized carbons (Fsp3) is 0.0714. The lowest BCUT2D eigenvalue weighted by molar-refractivity contribution is 0.102. The number of aryl methyl sites for hydroxylation is 1. The first kappa shape index (κ1) is 13.5. The number of amides is 1. The van der Waals surface area contributed by atoms with Gasteiger partial charge in [0.05, 0.1) is 0 Å². The number of halogens is 2. The molecule has 2 rings (SSSR count). The fourth-order valence-electron chi connectivity index (χ4n) is 1.61. The van der Waals surface area contributed by atoms with Crippen LogP contribution in [0.2, 0.25) is 0 Å². The van der Waals surface area contributed by atoms with Gasteiger partial charge in [0.25, 0.3) is 5.91 Å². The summed E-state index contributed by atoms with van der Waals surface area (Å²) in [4.78, 5) is 12.0. The van der Waals surface area contributed by atoms with E-state index < -0.39 is 0 Å². The maximum Gasteiger partial charge on any atom is 0.255 e. The van der Waals surface area contributed by atoms with Crippen LogP contribution in [0.15, 0.2) is 46.9 Å². The largest absolute Gasteiger partial charge is 0.322 e. The molecule has 0 fully saturated rings. The van der Waals surface area contributed by atoms with Gasteiger partial charge in [-0.05, 0) is 77.5 Å². The van der Waals surface area contributed by atoms with Crippen molar-refractivity contribution in [3.63, 3.8) is 0 Å². The van der Waals surface area contributed by atoms with Crippen molar-refractivity contribution in [3.8, 4) is 0 Å². The van der Waals surface area contributed by atoms with Gasteiger partial charge in [-0.2, -0.15) is 0 Å². The maximum atomic E-state index is 12.0. The van der Waals surface area contributed by atoms with Crippen LogP contribution in [0, 0.1) is 10.5 Å². The monoisotopic (exact) mass is 415 g/mol. The van der Waals surface area contributed by atoms with Gasteiger partial charge in [-0.15, -0.1) is 0 Å². The second-order valence-electron chi connectivity index (χ2n) is 3.98. The summed E-state index contributed by atoms with van der Waals surface area (Å²) >= 11 is 5.63. The third kappa shape index (κ3) is 3.55. The summed E-state index contributed by atoms with van der Waals surface area (Å²) in [7, 11) is 0. The first-order chi connectivity index (χ1) is 8.54. The lowest BCUT2D eigenvalue weighted by Crippen LogP contribution is -2.11. The number of hydrogen-bond donors (Lipinski definition) is 1. The molecule has 0 bridgehead atoms. The Hall–Kier alpha value is -0.880. The maximum absolute atomic E-state index is 12.0. The van der Waals surface area contributed by atoms with Crippen molar-refractivity contribution in [1.82, 2.24) is 0 Å². The summed E-state index contributed by atoms with van der Waals surface area (Å²) in [5, 5.41) is 2.89. The van der Waals surface area contributed by atoms with Gasteiger partial charge >= 0.3 is 0 Å². The van der Waals surface area contributed by atoms with Crippen molar-refractivity contribution in [2.24, 2.45) is 0 Å². The molecule has 2 aromatic rings. The molecular formula is C14H11BrINO. The number of anilines is 1. The van der Waals surface area contributed by atoms with Crippen molar-refractivity contribution in [1.29, 1.82) is 0 Å². The smallest absolute Gasteiger partial charge is 0.255 e. The molecule has 92 valence electrons. The SMILES string of the molecule is Cc1cc(Br)cc(NC(=O)c2ccc(I)cc2)c1. The average molecular weight is 416 g/mol. The first-order valence-corrected chi connectivity index (χ1v) is 7.26. The molecule has 2 nitrogen and oxygen atoms in total. The normalized spacial score (nSPS) is 10.2. The van der Waals surface area contributed by atoms with Gasteiger partial charge < -0.3 is 5.32 Å². The molecule has 0 radical (unpaired) electrons. The van der Waals surface area contributed by atoms with E-state index in [1.807, 2.05) is 49.4 Å². The van der Waals surface area contributed by atoms with Gasteiger partial charge in [0.1, 0.15) is 0 Å². The summed E-state index contributed by atoms with van der Waals surface area (Å²) in [6.45, 7) is 1.99. The highest BCUT2D eigenvalue weighted by molar-refractivity contribution is 14.1. The molecule has 0 aromatic heterocycles. The Morgan fingerprint density at radius 3 is 2.44 bits per heavy atom. The van der Waals surface area contributed by atoms with Crippen molar-refractivity contribution in [3.05, 3.63) is 61.6 Å². The third-order valence-corrected chi connectivity index (χ3v) is 3.58. The van der Waals surface area contributed by atoms with Crippen LogP contribution in [0.3, 0.4) is 0 Å². The van der Waals surface area contributed by atoms with Crippen LogP contribution in [0.25, 0.3) is 0 Å². The Morgan fingerprint density at radius 2 is 1.83 bits per heavy atom. The van der Waals surface area contributed by atoms with E-state index in [-0.39, 0.29) is 5.91 Å². The highest BCUT2D eigenvalue weighted by Gasteiger charge is 2.06. The molecule has 0 atom stereocenters. The zero-order valence-corrected chi connectivity index (χ0v) is 13.4. The van der Waals surface area contributed by atoms with E-state index >= 15 is 0 Å². The van der Waals surface area contributed by atoms with Crippen molar-refractivity contribution in [2.75, 3.05) is 5.32 Å². The molecule has 0 unspecified atom stereocenters. The molecule has 0 spiro atoms. The minimum Gasteiger partial charge on any atom is -0.322 e. The zero-order chi connectivity index (χ0) is 13.1. The molecule has 0 aliphatic heterocycles. The molecule has 0 saturated carbocycles. The van der Waals surface area contributed by atoms with Crippen LogP contribution in [-0.4, -0.2) is 5.91 Å². The standard InChI is InChI=1S/C14H11BrINO/c1-9-6-11(15)8-13(7-9)17-14(18)10-2-4-12(16)5-3-10/h2-8H,1H3,(H,17,18). The van der Waals surface area contributed by atoms with E-state index in [1.165, 1.54) is 0 Å². The summed E-state index contributed by atoms with van der Waals surface area (Å²) in [6, 6.07) is 13.3. The second kappa shape index (κ2) is 5.84.